The van der Waals surface area contributed by atoms with E-state index in [1.807, 2.05) is 0 Å². The molecule has 6 heteroatoms. The Hall–Kier alpha value is -2.18. The zero-order chi connectivity index (χ0) is 55.7. The molecule has 0 saturated heterocycles. The van der Waals surface area contributed by atoms with E-state index >= 15 is 0 Å². The molecule has 77 heavy (non-hydrogen) atoms. The van der Waals surface area contributed by atoms with Crippen LogP contribution in [0.1, 0.15) is 367 Å². The third-order valence-electron chi connectivity index (χ3n) is 15.9. The smallest absolute Gasteiger partial charge is 0.305 e. The van der Waals surface area contributed by atoms with Crippen molar-refractivity contribution in [2.45, 2.75) is 379 Å². The van der Waals surface area contributed by atoms with E-state index < -0.39 is 12.1 Å². The Labute approximate surface area is 480 Å². The van der Waals surface area contributed by atoms with Crippen LogP contribution >= 0.6 is 0 Å². The lowest BCUT2D eigenvalue weighted by Crippen LogP contribution is -2.45. The maximum Gasteiger partial charge on any atom is 0.305 e. The molecule has 0 bridgehead atoms. The maximum absolute atomic E-state index is 12.5. The summed E-state index contributed by atoms with van der Waals surface area (Å²) < 4.78 is 5.47. The maximum atomic E-state index is 12.5. The van der Waals surface area contributed by atoms with E-state index in [9.17, 15) is 19.8 Å². The van der Waals surface area contributed by atoms with Gasteiger partial charge in [0.05, 0.1) is 25.4 Å². The van der Waals surface area contributed by atoms with Gasteiger partial charge in [0.2, 0.25) is 5.91 Å². The molecule has 0 aromatic heterocycles. The van der Waals surface area contributed by atoms with E-state index in [2.05, 4.69) is 67.8 Å². The molecule has 6 nitrogen and oxygen atoms in total. The lowest BCUT2D eigenvalue weighted by atomic mass is 10.0. The Balaban J connectivity index is 3.46. The minimum Gasteiger partial charge on any atom is -0.466 e. The molecule has 0 rings (SSSR count). The zero-order valence-electron chi connectivity index (χ0n) is 51.7. The van der Waals surface area contributed by atoms with E-state index in [-0.39, 0.29) is 18.5 Å². The standard InChI is InChI=1S/C71H133NO5/c1-3-5-7-9-11-13-15-17-19-21-23-24-25-28-31-35-39-43-47-51-55-59-63-69(74)68(67-73)72-70(75)64-60-56-52-48-44-40-36-32-29-26-30-34-38-42-46-50-54-58-62-66-77-71(76)65-61-57-53-49-45-41-37-33-27-22-20-18-16-14-12-10-8-6-4-2/h12,14,18,20,34,38,42,46,68-69,73-74H,3-11,13,15-17,19,21-33,35-37,39-41,43-45,47-67H2,1-2H3,(H,72,75)/b14-12-,20-18-,38-34-,46-42-. The third-order valence-corrected chi connectivity index (χ3v) is 15.9. The van der Waals surface area contributed by atoms with Crippen molar-refractivity contribution in [1.29, 1.82) is 0 Å². The van der Waals surface area contributed by atoms with Crippen molar-refractivity contribution in [3.8, 4) is 0 Å². The zero-order valence-corrected chi connectivity index (χ0v) is 51.7. The van der Waals surface area contributed by atoms with E-state index in [4.69, 9.17) is 4.74 Å². The number of hydrogen-bond donors (Lipinski definition) is 3. The van der Waals surface area contributed by atoms with Gasteiger partial charge < -0.3 is 20.3 Å². The molecule has 0 aliphatic carbocycles. The van der Waals surface area contributed by atoms with Crippen LogP contribution in [0, 0.1) is 0 Å². The molecule has 0 saturated carbocycles. The molecule has 452 valence electrons. The van der Waals surface area contributed by atoms with Gasteiger partial charge in [-0.1, -0.05) is 313 Å². The summed E-state index contributed by atoms with van der Waals surface area (Å²) in [7, 11) is 0. The molecule has 0 aliphatic heterocycles. The third kappa shape index (κ3) is 62.9. The minimum absolute atomic E-state index is 0.0166. The average Bonchev–Trinajstić information content (AvgIpc) is 3.43. The number of allylic oxidation sites excluding steroid dienone is 8. The summed E-state index contributed by atoms with van der Waals surface area (Å²) in [6, 6.07) is -0.552. The Bertz CT molecular complexity index is 1290. The van der Waals surface area contributed by atoms with Crippen LogP contribution in [0.2, 0.25) is 0 Å². The summed E-state index contributed by atoms with van der Waals surface area (Å²) in [5.41, 5.74) is 0. The number of rotatable bonds is 64. The van der Waals surface area contributed by atoms with Crippen molar-refractivity contribution >= 4 is 11.9 Å². The van der Waals surface area contributed by atoms with Crippen LogP contribution in [0.5, 0.6) is 0 Å². The SMILES string of the molecule is CCCCC/C=C\C/C=C\CCCCCCCCCCCC(=O)OCCCCC/C=C\C=C/CCCCCCCCCCCCC(=O)NC(CO)C(O)CCCCCCCCCCCCCCCCCCCCCCCC. The van der Waals surface area contributed by atoms with Gasteiger partial charge in [0.25, 0.3) is 0 Å². The monoisotopic (exact) mass is 1080 g/mol. The molecular weight excluding hydrogens is 947 g/mol. The summed E-state index contributed by atoms with van der Waals surface area (Å²) in [5, 5.41) is 23.4. The van der Waals surface area contributed by atoms with Gasteiger partial charge in [-0.2, -0.15) is 0 Å². The number of aliphatic hydroxyl groups excluding tert-OH is 2. The van der Waals surface area contributed by atoms with Gasteiger partial charge >= 0.3 is 5.97 Å². The molecule has 0 heterocycles. The summed E-state index contributed by atoms with van der Waals surface area (Å²) in [4.78, 5) is 24.6. The van der Waals surface area contributed by atoms with Gasteiger partial charge in [0.15, 0.2) is 0 Å². The lowest BCUT2D eigenvalue weighted by Gasteiger charge is -2.22. The molecule has 0 aromatic rings. The molecule has 1 amide bonds. The van der Waals surface area contributed by atoms with Crippen molar-refractivity contribution in [1.82, 2.24) is 5.32 Å². The second kappa shape index (κ2) is 66.3. The van der Waals surface area contributed by atoms with Gasteiger partial charge in [-0.15, -0.1) is 0 Å². The van der Waals surface area contributed by atoms with E-state index in [1.54, 1.807) is 0 Å². The van der Waals surface area contributed by atoms with Crippen molar-refractivity contribution in [2.75, 3.05) is 13.2 Å². The summed E-state index contributed by atoms with van der Waals surface area (Å²) in [6.07, 6.45) is 85.7. The molecule has 0 fully saturated rings. The molecule has 2 atom stereocenters. The molecule has 0 spiro atoms. The van der Waals surface area contributed by atoms with Crippen molar-refractivity contribution < 1.29 is 24.5 Å². The van der Waals surface area contributed by atoms with Crippen LogP contribution in [0.25, 0.3) is 0 Å². The van der Waals surface area contributed by atoms with Crippen molar-refractivity contribution in [3.63, 3.8) is 0 Å². The first-order valence-electron chi connectivity index (χ1n) is 34.4. The summed E-state index contributed by atoms with van der Waals surface area (Å²) in [6.45, 7) is 4.91. The Morgan fingerprint density at radius 3 is 1.09 bits per heavy atom. The molecule has 0 aliphatic rings. The molecule has 0 radical (unpaired) electrons. The van der Waals surface area contributed by atoms with E-state index in [0.717, 1.165) is 77.0 Å². The number of nitrogens with one attached hydrogen (secondary N) is 1. The summed E-state index contributed by atoms with van der Waals surface area (Å²) >= 11 is 0. The van der Waals surface area contributed by atoms with Gasteiger partial charge in [-0.25, -0.2) is 0 Å². The topological polar surface area (TPSA) is 95.9 Å². The molecular formula is C71H133NO5. The quantitative estimate of drug-likeness (QED) is 0.0244. The predicted octanol–water partition coefficient (Wildman–Crippen LogP) is 22.1. The highest BCUT2D eigenvalue weighted by Crippen LogP contribution is 2.18. The predicted molar refractivity (Wildman–Crippen MR) is 338 cm³/mol. The Morgan fingerprint density at radius 1 is 0.377 bits per heavy atom. The van der Waals surface area contributed by atoms with Gasteiger partial charge in [-0.05, 0) is 89.9 Å². The molecule has 2 unspecified atom stereocenters. The highest BCUT2D eigenvalue weighted by atomic mass is 16.5. The second-order valence-corrected chi connectivity index (χ2v) is 23.5. The number of hydrogen-bond acceptors (Lipinski definition) is 5. The largest absolute Gasteiger partial charge is 0.466 e. The fourth-order valence-electron chi connectivity index (χ4n) is 10.6. The molecule has 0 aromatic carbocycles. The number of aliphatic hydroxyl groups is 2. The normalized spacial score (nSPS) is 12.8. The fourth-order valence-corrected chi connectivity index (χ4v) is 10.6. The van der Waals surface area contributed by atoms with Gasteiger partial charge in [0, 0.05) is 12.8 Å². The molecule has 3 N–H and O–H groups in total. The van der Waals surface area contributed by atoms with Crippen LogP contribution in [0.4, 0.5) is 0 Å². The van der Waals surface area contributed by atoms with Crippen LogP contribution < -0.4 is 5.32 Å². The van der Waals surface area contributed by atoms with Crippen LogP contribution in [0.15, 0.2) is 48.6 Å². The number of carbonyl (C=O) groups is 2. The van der Waals surface area contributed by atoms with Crippen LogP contribution in [-0.2, 0) is 14.3 Å². The van der Waals surface area contributed by atoms with E-state index in [0.29, 0.717) is 25.9 Å². The lowest BCUT2D eigenvalue weighted by molar-refractivity contribution is -0.143. The first-order valence-corrected chi connectivity index (χ1v) is 34.4. The number of carbonyl (C=O) groups excluding carboxylic acids is 2. The van der Waals surface area contributed by atoms with Gasteiger partial charge in [0.1, 0.15) is 0 Å². The highest BCUT2D eigenvalue weighted by Gasteiger charge is 2.20. The first kappa shape index (κ1) is 74.8. The number of unbranched alkanes of at least 4 members (excludes halogenated alkanes) is 46. The van der Waals surface area contributed by atoms with Crippen molar-refractivity contribution in [2.24, 2.45) is 0 Å². The van der Waals surface area contributed by atoms with E-state index in [1.165, 1.54) is 257 Å². The Morgan fingerprint density at radius 2 is 0.688 bits per heavy atom. The average molecular weight is 1080 g/mol. The highest BCUT2D eigenvalue weighted by molar-refractivity contribution is 5.76. The van der Waals surface area contributed by atoms with Crippen LogP contribution in [0.3, 0.4) is 0 Å². The summed E-state index contributed by atoms with van der Waals surface area (Å²) in [5.74, 6) is -0.0585. The Kier molecular flexibility index (Phi) is 64.5. The number of ether oxygens (including phenoxy) is 1. The number of amides is 1. The number of esters is 1. The fraction of sp³-hybridized carbons (Fsp3) is 0.859. The minimum atomic E-state index is -0.674. The van der Waals surface area contributed by atoms with Crippen molar-refractivity contribution in [3.05, 3.63) is 48.6 Å². The second-order valence-electron chi connectivity index (χ2n) is 23.5. The van der Waals surface area contributed by atoms with Crippen LogP contribution in [-0.4, -0.2) is 47.4 Å². The first-order chi connectivity index (χ1) is 38.0. The van der Waals surface area contributed by atoms with Gasteiger partial charge in [-0.3, -0.25) is 9.59 Å².